The Balaban J connectivity index is 1.35. The van der Waals surface area contributed by atoms with Crippen LogP contribution in [0.1, 0.15) is 5.56 Å². The van der Waals surface area contributed by atoms with Gasteiger partial charge in [0.2, 0.25) is 0 Å². The number of β-lactam (4-membered cyclic amide) rings is 1. The van der Waals surface area contributed by atoms with Gasteiger partial charge in [0.1, 0.15) is 17.1 Å². The predicted molar refractivity (Wildman–Crippen MR) is 158 cm³/mol. The highest BCUT2D eigenvalue weighted by Gasteiger charge is 2.54. The second-order valence-electron chi connectivity index (χ2n) is 8.26. The summed E-state index contributed by atoms with van der Waals surface area (Å²) in [6, 6.07) is 25.4. The summed E-state index contributed by atoms with van der Waals surface area (Å²) in [5.41, 5.74) is 3.25. The second-order valence-corrected chi connectivity index (χ2v) is 12.2. The van der Waals surface area contributed by atoms with E-state index in [4.69, 9.17) is 12.2 Å². The molecule has 0 spiro atoms. The van der Waals surface area contributed by atoms with E-state index in [2.05, 4.69) is 27.9 Å². The molecule has 0 aliphatic carbocycles. The average molecular weight is 645 g/mol. The van der Waals surface area contributed by atoms with Crippen LogP contribution in [0.5, 0.6) is 0 Å². The Morgan fingerprint density at radius 2 is 1.78 bits per heavy atom. The number of thiocarbonyl (C=S) groups is 1. The molecule has 3 aromatic rings. The van der Waals surface area contributed by atoms with Crippen molar-refractivity contribution in [2.24, 2.45) is 0 Å². The number of benzene rings is 3. The molecule has 0 aromatic heterocycles. The topological polar surface area (TPSA) is 69.6 Å². The maximum Gasteiger partial charge on any atom is 0.353 e. The molecule has 1 amide bonds. The number of nitrogens with one attached hydrogen (secondary N) is 1. The fourth-order valence-corrected chi connectivity index (χ4v) is 7.74. The van der Waals surface area contributed by atoms with Crippen molar-refractivity contribution >= 4 is 75.2 Å². The molecule has 2 aliphatic heterocycles. The van der Waals surface area contributed by atoms with Crippen LogP contribution in [0.4, 0.5) is 0 Å². The molecule has 2 N–H and O–H groups in total. The van der Waals surface area contributed by atoms with Crippen molar-refractivity contribution in [1.29, 1.82) is 0 Å². The number of hydrogen-bond donors (Lipinski definition) is 2. The van der Waals surface area contributed by atoms with E-state index in [1.165, 1.54) is 16.7 Å². The highest BCUT2D eigenvalue weighted by atomic mass is 127. The van der Waals surface area contributed by atoms with E-state index in [1.807, 2.05) is 78.9 Å². The van der Waals surface area contributed by atoms with E-state index in [0.717, 1.165) is 25.2 Å². The molecule has 36 heavy (non-hydrogen) atoms. The van der Waals surface area contributed by atoms with E-state index in [1.54, 1.807) is 11.8 Å². The molecule has 5 nitrogen and oxygen atoms in total. The van der Waals surface area contributed by atoms with Crippen LogP contribution in [0.15, 0.2) is 94.4 Å². The number of amides is 1. The first-order valence-electron chi connectivity index (χ1n) is 11.2. The van der Waals surface area contributed by atoms with Gasteiger partial charge in [-0.1, -0.05) is 90.7 Å². The molecule has 0 radical (unpaired) electrons. The summed E-state index contributed by atoms with van der Waals surface area (Å²) in [6.07, 6.45) is 0.536. The first kappa shape index (κ1) is 25.3. The lowest BCUT2D eigenvalue weighted by Gasteiger charge is -2.49. The van der Waals surface area contributed by atoms with Crippen molar-refractivity contribution < 1.29 is 14.7 Å². The van der Waals surface area contributed by atoms with Gasteiger partial charge in [-0.3, -0.25) is 9.69 Å². The summed E-state index contributed by atoms with van der Waals surface area (Å²) in [4.78, 5) is 29.1. The fraction of sp³-hybridized carbons (Fsp3) is 0.148. The SMILES string of the molecule is O=C(O)C1=C(Sc2ccccc2-c2ccccc2)CS[C@H]2[C@H](NC(=S)Cc3ccccc3I)C(=O)N12. The molecule has 5 rings (SSSR count). The van der Waals surface area contributed by atoms with Gasteiger partial charge in [-0.15, -0.1) is 11.8 Å². The lowest BCUT2D eigenvalue weighted by Crippen LogP contribution is -2.70. The highest BCUT2D eigenvalue weighted by molar-refractivity contribution is 14.1. The van der Waals surface area contributed by atoms with Crippen LogP contribution in [-0.2, 0) is 16.0 Å². The fourth-order valence-electron chi connectivity index (χ4n) is 4.25. The molecule has 9 heteroatoms. The normalized spacial score (nSPS) is 18.9. The summed E-state index contributed by atoms with van der Waals surface area (Å²) >= 11 is 10.8. The third-order valence-electron chi connectivity index (χ3n) is 5.97. The van der Waals surface area contributed by atoms with Crippen molar-refractivity contribution in [3.8, 4) is 11.1 Å². The van der Waals surface area contributed by atoms with Gasteiger partial charge in [0, 0.05) is 25.5 Å². The number of fused-ring (bicyclic) bond motifs is 1. The van der Waals surface area contributed by atoms with Crippen molar-refractivity contribution in [2.75, 3.05) is 5.75 Å². The minimum Gasteiger partial charge on any atom is -0.477 e. The molecule has 0 saturated carbocycles. The third kappa shape index (κ3) is 5.06. The summed E-state index contributed by atoms with van der Waals surface area (Å²) in [7, 11) is 0. The van der Waals surface area contributed by atoms with Gasteiger partial charge in [0.05, 0.1) is 4.99 Å². The lowest BCUT2D eigenvalue weighted by molar-refractivity contribution is -0.148. The maximum absolute atomic E-state index is 13.1. The van der Waals surface area contributed by atoms with Crippen molar-refractivity contribution in [3.05, 3.63) is 98.6 Å². The van der Waals surface area contributed by atoms with Crippen LogP contribution in [0.2, 0.25) is 0 Å². The van der Waals surface area contributed by atoms with Gasteiger partial charge >= 0.3 is 5.97 Å². The van der Waals surface area contributed by atoms with Crippen LogP contribution in [0.3, 0.4) is 0 Å². The van der Waals surface area contributed by atoms with Gasteiger partial charge in [0.25, 0.3) is 5.91 Å². The van der Waals surface area contributed by atoms with Crippen LogP contribution in [0.25, 0.3) is 11.1 Å². The average Bonchev–Trinajstić information content (AvgIpc) is 2.89. The minimum absolute atomic E-state index is 0.0678. The molecular formula is C27H21IN2O3S3. The third-order valence-corrected chi connectivity index (χ3v) is 9.90. The zero-order valence-electron chi connectivity index (χ0n) is 18.9. The molecule has 182 valence electrons. The summed E-state index contributed by atoms with van der Waals surface area (Å²) in [5, 5.41) is 13.0. The second kappa shape index (κ2) is 11.0. The molecule has 1 fully saturated rings. The predicted octanol–water partition coefficient (Wildman–Crippen LogP) is 5.79. The summed E-state index contributed by atoms with van der Waals surface area (Å²) < 4.78 is 1.11. The van der Waals surface area contributed by atoms with Gasteiger partial charge in [0.15, 0.2) is 0 Å². The van der Waals surface area contributed by atoms with Crippen molar-refractivity contribution in [1.82, 2.24) is 10.2 Å². The zero-order valence-corrected chi connectivity index (χ0v) is 23.5. The van der Waals surface area contributed by atoms with Gasteiger partial charge < -0.3 is 10.4 Å². The Morgan fingerprint density at radius 1 is 1.08 bits per heavy atom. The van der Waals surface area contributed by atoms with E-state index in [-0.39, 0.29) is 17.0 Å². The Morgan fingerprint density at radius 3 is 2.53 bits per heavy atom. The number of carboxylic acid groups (broad SMARTS) is 1. The van der Waals surface area contributed by atoms with Crippen LogP contribution in [-0.4, -0.2) is 44.0 Å². The standard InChI is InChI=1S/C27H21IN2O3S3/c28-19-12-6-4-10-17(19)14-22(34)29-23-25(31)30-24(27(32)33)21(15-35-26(23)30)36-20-13-7-5-11-18(20)16-8-2-1-3-9-16/h1-13,23,26H,14-15H2,(H,29,34)(H,32,33)/t23-,26+/m1/s1. The zero-order chi connectivity index (χ0) is 25.2. The number of nitrogens with zero attached hydrogens (tertiary/aromatic N) is 1. The van der Waals surface area contributed by atoms with Crippen LogP contribution in [0, 0.1) is 3.57 Å². The first-order valence-corrected chi connectivity index (χ1v) is 14.6. The maximum atomic E-state index is 13.1. The smallest absolute Gasteiger partial charge is 0.353 e. The van der Waals surface area contributed by atoms with Crippen molar-refractivity contribution in [3.63, 3.8) is 0 Å². The van der Waals surface area contributed by atoms with Crippen LogP contribution >= 0.6 is 58.3 Å². The summed E-state index contributed by atoms with van der Waals surface area (Å²) in [6.45, 7) is 0. The molecule has 3 aromatic carbocycles. The van der Waals surface area contributed by atoms with E-state index in [9.17, 15) is 14.7 Å². The molecule has 2 aliphatic rings. The number of rotatable bonds is 7. The Labute approximate surface area is 236 Å². The molecule has 1 saturated heterocycles. The van der Waals surface area contributed by atoms with Gasteiger partial charge in [-0.25, -0.2) is 4.79 Å². The number of carbonyl (C=O) groups is 2. The molecule has 2 atom stereocenters. The van der Waals surface area contributed by atoms with Gasteiger partial charge in [-0.2, -0.15) is 0 Å². The number of carbonyl (C=O) groups excluding carboxylic acids is 1. The Hall–Kier alpha value is -2.34. The molecule has 2 heterocycles. The number of carboxylic acids is 1. The number of thioether (sulfide) groups is 2. The molecule has 0 bridgehead atoms. The Bertz CT molecular complexity index is 1380. The van der Waals surface area contributed by atoms with Gasteiger partial charge in [-0.05, 0) is 51.4 Å². The lowest BCUT2D eigenvalue weighted by atomic mass is 10.0. The number of hydrogen-bond acceptors (Lipinski definition) is 5. The number of aliphatic carboxylic acids is 1. The summed E-state index contributed by atoms with van der Waals surface area (Å²) in [5.74, 6) is -0.844. The van der Waals surface area contributed by atoms with Crippen molar-refractivity contribution in [2.45, 2.75) is 22.7 Å². The van der Waals surface area contributed by atoms with Crippen LogP contribution < -0.4 is 5.32 Å². The van der Waals surface area contributed by atoms with E-state index >= 15 is 0 Å². The Kier molecular flexibility index (Phi) is 7.71. The largest absolute Gasteiger partial charge is 0.477 e. The quantitative estimate of drug-likeness (QED) is 0.192. The van der Waals surface area contributed by atoms with E-state index in [0.29, 0.717) is 22.1 Å². The highest BCUT2D eigenvalue weighted by Crippen LogP contribution is 2.46. The van der Waals surface area contributed by atoms with E-state index < -0.39 is 12.0 Å². The first-order chi connectivity index (χ1) is 17.4. The molecular weight excluding hydrogens is 623 g/mol. The molecule has 0 unspecified atom stereocenters. The minimum atomic E-state index is -1.09. The number of halogens is 1. The monoisotopic (exact) mass is 644 g/mol.